The van der Waals surface area contributed by atoms with Crippen molar-refractivity contribution in [2.75, 3.05) is 5.32 Å². The SMILES string of the molecule is CC(C)Oc1ccc2nc(NC(=O)CC(C)(C)C)n(C3CCC3)c2n1. The molecule has 1 aliphatic rings. The zero-order chi connectivity index (χ0) is 18.2. The first-order valence-corrected chi connectivity index (χ1v) is 9.08. The maximum Gasteiger partial charge on any atom is 0.227 e. The predicted octanol–water partition coefficient (Wildman–Crippen LogP) is 4.32. The second-order valence-electron chi connectivity index (χ2n) is 8.33. The summed E-state index contributed by atoms with van der Waals surface area (Å²) in [4.78, 5) is 21.7. The summed E-state index contributed by atoms with van der Waals surface area (Å²) in [5.41, 5.74) is 1.51. The van der Waals surface area contributed by atoms with Crippen molar-refractivity contribution in [3.05, 3.63) is 12.1 Å². The Labute approximate surface area is 149 Å². The first-order valence-electron chi connectivity index (χ1n) is 9.08. The molecule has 2 aromatic heterocycles. The van der Waals surface area contributed by atoms with Gasteiger partial charge in [-0.05, 0) is 44.6 Å². The van der Waals surface area contributed by atoms with Crippen LogP contribution in [0.5, 0.6) is 5.88 Å². The molecule has 0 unspecified atom stereocenters. The van der Waals surface area contributed by atoms with Crippen LogP contribution in [0.4, 0.5) is 5.95 Å². The summed E-state index contributed by atoms with van der Waals surface area (Å²) in [7, 11) is 0. The number of imidazole rings is 1. The second kappa shape index (κ2) is 6.65. The molecule has 1 aliphatic carbocycles. The van der Waals surface area contributed by atoms with E-state index in [-0.39, 0.29) is 17.4 Å². The Morgan fingerprint density at radius 1 is 1.32 bits per heavy atom. The molecule has 0 radical (unpaired) electrons. The van der Waals surface area contributed by atoms with E-state index >= 15 is 0 Å². The third-order valence-electron chi connectivity index (χ3n) is 4.25. The number of nitrogens with zero attached hydrogens (tertiary/aromatic N) is 3. The van der Waals surface area contributed by atoms with Gasteiger partial charge in [0.2, 0.25) is 17.7 Å². The minimum absolute atomic E-state index is 0.0120. The van der Waals surface area contributed by atoms with Crippen molar-refractivity contribution in [1.82, 2.24) is 14.5 Å². The molecular weight excluding hydrogens is 316 g/mol. The van der Waals surface area contributed by atoms with Gasteiger partial charge in [0.15, 0.2) is 5.65 Å². The summed E-state index contributed by atoms with van der Waals surface area (Å²) in [5.74, 6) is 1.18. The minimum Gasteiger partial charge on any atom is -0.475 e. The van der Waals surface area contributed by atoms with Gasteiger partial charge in [-0.15, -0.1) is 0 Å². The van der Waals surface area contributed by atoms with E-state index in [4.69, 9.17) is 4.74 Å². The van der Waals surface area contributed by atoms with Gasteiger partial charge in [0.1, 0.15) is 5.52 Å². The number of rotatable bonds is 5. The normalized spacial score (nSPS) is 15.4. The van der Waals surface area contributed by atoms with E-state index in [1.807, 2.05) is 26.0 Å². The van der Waals surface area contributed by atoms with Crippen molar-refractivity contribution in [3.63, 3.8) is 0 Å². The van der Waals surface area contributed by atoms with Crippen molar-refractivity contribution in [2.24, 2.45) is 5.41 Å². The van der Waals surface area contributed by atoms with Gasteiger partial charge in [-0.2, -0.15) is 4.98 Å². The van der Waals surface area contributed by atoms with E-state index in [1.54, 1.807) is 0 Å². The summed E-state index contributed by atoms with van der Waals surface area (Å²) >= 11 is 0. The molecule has 2 aromatic rings. The van der Waals surface area contributed by atoms with Crippen LogP contribution in [0.3, 0.4) is 0 Å². The number of aromatic nitrogens is 3. The molecule has 0 bridgehead atoms. The smallest absolute Gasteiger partial charge is 0.227 e. The largest absolute Gasteiger partial charge is 0.475 e. The number of anilines is 1. The van der Waals surface area contributed by atoms with E-state index in [9.17, 15) is 4.79 Å². The molecule has 1 saturated carbocycles. The lowest BCUT2D eigenvalue weighted by molar-refractivity contribution is -0.117. The summed E-state index contributed by atoms with van der Waals surface area (Å²) in [6.07, 6.45) is 3.89. The first-order chi connectivity index (χ1) is 11.7. The van der Waals surface area contributed by atoms with Crippen molar-refractivity contribution in [2.45, 2.75) is 72.4 Å². The van der Waals surface area contributed by atoms with Crippen molar-refractivity contribution in [3.8, 4) is 5.88 Å². The fourth-order valence-electron chi connectivity index (χ4n) is 2.99. The average Bonchev–Trinajstić information content (AvgIpc) is 2.72. The Bertz CT molecular complexity index is 770. The highest BCUT2D eigenvalue weighted by molar-refractivity contribution is 5.91. The molecule has 6 heteroatoms. The molecule has 3 rings (SSSR count). The van der Waals surface area contributed by atoms with Crippen molar-refractivity contribution < 1.29 is 9.53 Å². The monoisotopic (exact) mass is 344 g/mol. The molecule has 1 amide bonds. The zero-order valence-electron chi connectivity index (χ0n) is 15.8. The lowest BCUT2D eigenvalue weighted by Crippen LogP contribution is -2.24. The fraction of sp³-hybridized carbons (Fsp3) is 0.632. The van der Waals surface area contributed by atoms with Crippen LogP contribution in [0, 0.1) is 5.41 Å². The number of fused-ring (bicyclic) bond motifs is 1. The highest BCUT2D eigenvalue weighted by atomic mass is 16.5. The molecule has 1 fully saturated rings. The predicted molar refractivity (Wildman–Crippen MR) is 98.9 cm³/mol. The lowest BCUT2D eigenvalue weighted by atomic mass is 9.92. The molecule has 0 spiro atoms. The van der Waals surface area contributed by atoms with Crippen molar-refractivity contribution in [1.29, 1.82) is 0 Å². The number of hydrogen-bond acceptors (Lipinski definition) is 4. The van der Waals surface area contributed by atoms with Crippen LogP contribution in [0.25, 0.3) is 11.2 Å². The quantitative estimate of drug-likeness (QED) is 0.877. The Morgan fingerprint density at radius 3 is 2.60 bits per heavy atom. The molecule has 0 aromatic carbocycles. The Hall–Kier alpha value is -2.11. The fourth-order valence-corrected chi connectivity index (χ4v) is 2.99. The van der Waals surface area contributed by atoms with E-state index in [1.165, 1.54) is 6.42 Å². The lowest BCUT2D eigenvalue weighted by Gasteiger charge is -2.28. The van der Waals surface area contributed by atoms with Gasteiger partial charge in [-0.1, -0.05) is 20.8 Å². The number of hydrogen-bond donors (Lipinski definition) is 1. The molecular formula is C19H28N4O2. The van der Waals surface area contributed by atoms with Crippen LogP contribution >= 0.6 is 0 Å². The third kappa shape index (κ3) is 4.11. The molecule has 6 nitrogen and oxygen atoms in total. The average molecular weight is 344 g/mol. The summed E-state index contributed by atoms with van der Waals surface area (Å²) in [6.45, 7) is 10.1. The maximum absolute atomic E-state index is 12.4. The van der Waals surface area contributed by atoms with Gasteiger partial charge in [-0.3, -0.25) is 14.7 Å². The number of ether oxygens (including phenoxy) is 1. The zero-order valence-corrected chi connectivity index (χ0v) is 15.8. The van der Waals surface area contributed by atoms with Crippen molar-refractivity contribution >= 4 is 23.0 Å². The molecule has 1 N–H and O–H groups in total. The molecule has 0 aliphatic heterocycles. The summed E-state index contributed by atoms with van der Waals surface area (Å²) in [5, 5.41) is 3.00. The molecule has 2 heterocycles. The van der Waals surface area contributed by atoms with Crippen LogP contribution in [0.2, 0.25) is 0 Å². The van der Waals surface area contributed by atoms with E-state index in [0.717, 1.165) is 24.0 Å². The van der Waals surface area contributed by atoms with Gasteiger partial charge in [0.05, 0.1) is 6.10 Å². The van der Waals surface area contributed by atoms with Gasteiger partial charge in [-0.25, -0.2) is 4.98 Å². The Morgan fingerprint density at radius 2 is 2.04 bits per heavy atom. The van der Waals surface area contributed by atoms with Gasteiger partial charge >= 0.3 is 0 Å². The highest BCUT2D eigenvalue weighted by Gasteiger charge is 2.27. The third-order valence-corrected chi connectivity index (χ3v) is 4.25. The Balaban J connectivity index is 1.95. The van der Waals surface area contributed by atoms with E-state index in [2.05, 4.69) is 40.6 Å². The molecule has 0 atom stereocenters. The van der Waals surface area contributed by atoms with Crippen LogP contribution < -0.4 is 10.1 Å². The first kappa shape index (κ1) is 17.7. The van der Waals surface area contributed by atoms with Crippen LogP contribution in [0.1, 0.15) is 66.3 Å². The summed E-state index contributed by atoms with van der Waals surface area (Å²) < 4.78 is 7.80. The van der Waals surface area contributed by atoms with E-state index in [0.29, 0.717) is 24.3 Å². The number of nitrogens with one attached hydrogen (secondary N) is 1. The summed E-state index contributed by atoms with van der Waals surface area (Å²) in [6, 6.07) is 4.09. The minimum atomic E-state index is -0.0616. The highest BCUT2D eigenvalue weighted by Crippen LogP contribution is 2.37. The van der Waals surface area contributed by atoms with Crippen LogP contribution in [-0.4, -0.2) is 26.5 Å². The number of carbonyl (C=O) groups excluding carboxylic acids is 1. The van der Waals surface area contributed by atoms with Gasteiger partial charge < -0.3 is 4.74 Å². The van der Waals surface area contributed by atoms with Gasteiger partial charge in [0.25, 0.3) is 0 Å². The number of amides is 1. The topological polar surface area (TPSA) is 69.0 Å². The van der Waals surface area contributed by atoms with Crippen LogP contribution in [-0.2, 0) is 4.79 Å². The van der Waals surface area contributed by atoms with Crippen LogP contribution in [0.15, 0.2) is 12.1 Å². The second-order valence-corrected chi connectivity index (χ2v) is 8.33. The number of pyridine rings is 1. The Kier molecular flexibility index (Phi) is 4.71. The van der Waals surface area contributed by atoms with Gasteiger partial charge in [0, 0.05) is 18.5 Å². The molecule has 0 saturated heterocycles. The number of carbonyl (C=O) groups is 1. The standard InChI is InChI=1S/C19H28N4O2/c1-12(2)25-16-10-9-14-17(22-16)23(13-7-6-8-13)18(20-14)21-15(24)11-19(3,4)5/h9-10,12-13H,6-8,11H2,1-5H3,(H,20,21,24). The molecule has 136 valence electrons. The molecule has 25 heavy (non-hydrogen) atoms. The van der Waals surface area contributed by atoms with E-state index < -0.39 is 0 Å². The maximum atomic E-state index is 12.4.